The molecule has 0 unspecified atom stereocenters. The fourth-order valence-electron chi connectivity index (χ4n) is 4.51. The summed E-state index contributed by atoms with van der Waals surface area (Å²) >= 11 is 1.29. The van der Waals surface area contributed by atoms with Crippen LogP contribution >= 0.6 is 11.8 Å². The third kappa shape index (κ3) is 4.83. The number of thioether (sulfide) groups is 1. The molecule has 1 amide bonds. The minimum Gasteiger partial charge on any atom is -0.424 e. The van der Waals surface area contributed by atoms with Crippen molar-refractivity contribution in [3.63, 3.8) is 0 Å². The molecule has 2 fully saturated rings. The SMILES string of the molecule is Cc1ccc(C(=O)OCOC(=O)C2=C(SC3CN(S(N)(=O)=O)C3)[C@H](C)[C@@H]3[C@@H]([C@@H](C)O)C(=O)N23)cc1. The number of benzene rings is 1. The fraction of sp³-hybridized carbons (Fsp3) is 0.500. The topological polar surface area (TPSA) is 157 Å². The highest BCUT2D eigenvalue weighted by Gasteiger charge is 2.60. The Kier molecular flexibility index (Phi) is 6.99. The van der Waals surface area contributed by atoms with Gasteiger partial charge in [-0.25, -0.2) is 14.7 Å². The molecular formula is C22H27N3O8S2. The Morgan fingerprint density at radius 3 is 2.37 bits per heavy atom. The molecule has 3 N–H and O–H groups in total. The summed E-state index contributed by atoms with van der Waals surface area (Å²) in [5, 5.41) is 15.1. The summed E-state index contributed by atoms with van der Waals surface area (Å²) < 4.78 is 34.3. The molecule has 3 aliphatic rings. The number of fused-ring (bicyclic) bond motifs is 1. The van der Waals surface area contributed by atoms with Crippen LogP contribution in [0.15, 0.2) is 34.9 Å². The van der Waals surface area contributed by atoms with E-state index < -0.39 is 52.9 Å². The first-order chi connectivity index (χ1) is 16.4. The first-order valence-electron chi connectivity index (χ1n) is 11.0. The van der Waals surface area contributed by atoms with Crippen LogP contribution in [0, 0.1) is 18.8 Å². The van der Waals surface area contributed by atoms with E-state index in [2.05, 4.69) is 0 Å². The monoisotopic (exact) mass is 525 g/mol. The maximum Gasteiger partial charge on any atom is 0.358 e. The van der Waals surface area contributed by atoms with E-state index in [-0.39, 0.29) is 30.0 Å². The van der Waals surface area contributed by atoms with Gasteiger partial charge in [-0.15, -0.1) is 11.8 Å². The number of esters is 2. The Hall–Kier alpha value is -2.45. The van der Waals surface area contributed by atoms with Crippen molar-refractivity contribution >= 4 is 39.8 Å². The maximum atomic E-state index is 13.0. The van der Waals surface area contributed by atoms with Crippen LogP contribution in [-0.4, -0.2) is 77.9 Å². The minimum absolute atomic E-state index is 0.0369. The molecule has 0 aliphatic carbocycles. The number of carbonyl (C=O) groups is 3. The van der Waals surface area contributed by atoms with Crippen LogP contribution < -0.4 is 5.14 Å². The zero-order valence-corrected chi connectivity index (χ0v) is 21.0. The highest BCUT2D eigenvalue weighted by atomic mass is 32.2. The summed E-state index contributed by atoms with van der Waals surface area (Å²) in [7, 11) is -3.79. The molecule has 35 heavy (non-hydrogen) atoms. The number of nitrogens with two attached hydrogens (primary N) is 1. The molecule has 4 rings (SSSR count). The molecule has 0 bridgehead atoms. The van der Waals surface area contributed by atoms with Crippen LogP contribution in [0.3, 0.4) is 0 Å². The third-order valence-electron chi connectivity index (χ3n) is 6.44. The number of hydrogen-bond donors (Lipinski definition) is 2. The van der Waals surface area contributed by atoms with Gasteiger partial charge in [-0.2, -0.15) is 12.7 Å². The number of aryl methyl sites for hydroxylation is 1. The lowest BCUT2D eigenvalue weighted by molar-refractivity contribution is -0.166. The molecule has 2 saturated heterocycles. The van der Waals surface area contributed by atoms with Crippen molar-refractivity contribution in [2.24, 2.45) is 17.0 Å². The summed E-state index contributed by atoms with van der Waals surface area (Å²) in [6.07, 6.45) is -0.898. The van der Waals surface area contributed by atoms with E-state index in [1.807, 2.05) is 13.8 Å². The molecule has 11 nitrogen and oxygen atoms in total. The summed E-state index contributed by atoms with van der Waals surface area (Å²) in [4.78, 5) is 39.9. The normalized spacial score (nSPS) is 25.6. The van der Waals surface area contributed by atoms with E-state index in [0.717, 1.165) is 9.87 Å². The van der Waals surface area contributed by atoms with E-state index in [1.165, 1.54) is 23.6 Å². The number of carbonyl (C=O) groups excluding carboxylic acids is 3. The predicted octanol–water partition coefficient (Wildman–Crippen LogP) is 0.343. The third-order valence-corrected chi connectivity index (χ3v) is 8.91. The van der Waals surface area contributed by atoms with E-state index in [1.54, 1.807) is 24.3 Å². The molecule has 0 aromatic heterocycles. The van der Waals surface area contributed by atoms with Crippen LogP contribution in [0.2, 0.25) is 0 Å². The second kappa shape index (κ2) is 9.54. The Labute approximate surface area is 207 Å². The number of β-lactam (4-membered cyclic amide) rings is 1. The van der Waals surface area contributed by atoms with E-state index in [0.29, 0.717) is 10.5 Å². The number of rotatable bonds is 8. The van der Waals surface area contributed by atoms with Gasteiger partial charge in [0.05, 0.1) is 23.6 Å². The summed E-state index contributed by atoms with van der Waals surface area (Å²) in [5.74, 6) is -2.83. The molecule has 0 saturated carbocycles. The second-order valence-electron chi connectivity index (χ2n) is 8.92. The second-order valence-corrected chi connectivity index (χ2v) is 11.8. The molecule has 1 aromatic rings. The van der Waals surface area contributed by atoms with Gasteiger partial charge < -0.3 is 19.5 Å². The van der Waals surface area contributed by atoms with Crippen molar-refractivity contribution < 1.29 is 37.4 Å². The first-order valence-corrected chi connectivity index (χ1v) is 13.4. The lowest BCUT2D eigenvalue weighted by atomic mass is 9.79. The van der Waals surface area contributed by atoms with Crippen LogP contribution in [-0.2, 0) is 29.3 Å². The standard InChI is InChI=1S/C22H27N3O8S2/c1-11-4-6-14(7-5-11)21(28)32-10-33-22(29)18-19(34-15-8-24(9-15)35(23,30)31)12(2)17-16(13(3)26)20(27)25(17)18/h4-7,12-13,15-17,26H,8-10H2,1-3H3,(H2,23,30,31)/t12-,13-,16-,17-/m1/s1. The maximum absolute atomic E-state index is 13.0. The lowest BCUT2D eigenvalue weighted by Gasteiger charge is -2.46. The van der Waals surface area contributed by atoms with Crippen molar-refractivity contribution in [2.45, 2.75) is 38.2 Å². The van der Waals surface area contributed by atoms with Crippen molar-refractivity contribution in [1.82, 2.24) is 9.21 Å². The van der Waals surface area contributed by atoms with Crippen molar-refractivity contribution in [3.05, 3.63) is 46.0 Å². The Morgan fingerprint density at radius 1 is 1.20 bits per heavy atom. The largest absolute Gasteiger partial charge is 0.424 e. The van der Waals surface area contributed by atoms with E-state index in [9.17, 15) is 27.9 Å². The molecule has 0 spiro atoms. The average molecular weight is 526 g/mol. The summed E-state index contributed by atoms with van der Waals surface area (Å²) in [6.45, 7) is 4.96. The zero-order valence-electron chi connectivity index (χ0n) is 19.4. The smallest absolute Gasteiger partial charge is 0.358 e. The van der Waals surface area contributed by atoms with Gasteiger partial charge in [-0.05, 0) is 26.0 Å². The molecule has 0 radical (unpaired) electrons. The number of amides is 1. The molecule has 3 aliphatic heterocycles. The molecule has 4 atom stereocenters. The molecule has 13 heteroatoms. The molecule has 190 valence electrons. The highest BCUT2D eigenvalue weighted by molar-refractivity contribution is 8.04. The zero-order chi connectivity index (χ0) is 25.7. The Bertz CT molecular complexity index is 1180. The molecular weight excluding hydrogens is 498 g/mol. The highest BCUT2D eigenvalue weighted by Crippen LogP contribution is 2.52. The van der Waals surface area contributed by atoms with Gasteiger partial charge in [0.25, 0.3) is 10.2 Å². The number of nitrogens with zero attached hydrogens (tertiary/aromatic N) is 2. The quantitative estimate of drug-likeness (QED) is 0.277. The van der Waals surface area contributed by atoms with Crippen LogP contribution in [0.5, 0.6) is 0 Å². The van der Waals surface area contributed by atoms with E-state index >= 15 is 0 Å². The van der Waals surface area contributed by atoms with Crippen LogP contribution in [0.25, 0.3) is 0 Å². The fourth-order valence-corrected chi connectivity index (χ4v) is 6.99. The lowest BCUT2D eigenvalue weighted by Crippen LogP contribution is -2.63. The Morgan fingerprint density at radius 2 is 1.80 bits per heavy atom. The van der Waals surface area contributed by atoms with Crippen LogP contribution in [0.1, 0.15) is 29.8 Å². The summed E-state index contributed by atoms with van der Waals surface area (Å²) in [6, 6.07) is 6.28. The predicted molar refractivity (Wildman–Crippen MR) is 126 cm³/mol. The number of hydrogen-bond acceptors (Lipinski definition) is 9. The van der Waals surface area contributed by atoms with Gasteiger partial charge in [0.15, 0.2) is 0 Å². The van der Waals surface area contributed by atoms with E-state index in [4.69, 9.17) is 14.6 Å². The van der Waals surface area contributed by atoms with Gasteiger partial charge in [-0.3, -0.25) is 4.79 Å². The van der Waals surface area contributed by atoms with Gasteiger partial charge in [-0.1, -0.05) is 24.6 Å². The van der Waals surface area contributed by atoms with Gasteiger partial charge in [0.2, 0.25) is 12.7 Å². The number of aliphatic hydroxyl groups is 1. The molecule has 3 heterocycles. The Balaban J connectivity index is 1.47. The van der Waals surface area contributed by atoms with Crippen molar-refractivity contribution in [2.75, 3.05) is 19.9 Å². The van der Waals surface area contributed by atoms with Crippen LogP contribution in [0.4, 0.5) is 0 Å². The average Bonchev–Trinajstić information content (AvgIpc) is 2.97. The molecule has 1 aromatic carbocycles. The van der Waals surface area contributed by atoms with Gasteiger partial charge in [0, 0.05) is 29.2 Å². The van der Waals surface area contributed by atoms with Crippen molar-refractivity contribution in [1.29, 1.82) is 0 Å². The van der Waals surface area contributed by atoms with Gasteiger partial charge in [0.1, 0.15) is 5.70 Å². The first kappa shape index (κ1) is 25.6. The van der Waals surface area contributed by atoms with Gasteiger partial charge >= 0.3 is 11.9 Å². The van der Waals surface area contributed by atoms with Crippen molar-refractivity contribution in [3.8, 4) is 0 Å². The summed E-state index contributed by atoms with van der Waals surface area (Å²) in [5.41, 5.74) is 1.32. The minimum atomic E-state index is -3.79. The number of aliphatic hydroxyl groups excluding tert-OH is 1. The number of ether oxygens (including phenoxy) is 2.